The first-order valence-electron chi connectivity index (χ1n) is 2.96. The molecule has 0 saturated heterocycles. The fourth-order valence-electron chi connectivity index (χ4n) is 0.723. The van der Waals surface area contributed by atoms with Crippen LogP contribution in [0.1, 0.15) is 11.3 Å². The fraction of sp³-hybridized carbons (Fsp3) is 0.286. The Morgan fingerprint density at radius 2 is 2.40 bits per heavy atom. The number of pyridine rings is 1. The predicted molar refractivity (Wildman–Crippen MR) is 34.9 cm³/mol. The predicted octanol–water partition coefficient (Wildman–Crippen LogP) is 1.02. The summed E-state index contributed by atoms with van der Waals surface area (Å²) in [5.74, 6) is -0.412. The number of halogens is 1. The molecule has 0 radical (unpaired) electrons. The van der Waals surface area contributed by atoms with Crippen LogP contribution in [-0.2, 0) is 6.61 Å². The summed E-state index contributed by atoms with van der Waals surface area (Å²) in [6, 6.07) is 1.46. The minimum absolute atomic E-state index is 0.269. The Morgan fingerprint density at radius 1 is 1.70 bits per heavy atom. The molecule has 0 aliphatic carbocycles. The molecule has 2 nitrogen and oxygen atoms in total. The molecule has 0 amide bonds. The molecular weight excluding hydrogens is 133 g/mol. The first-order chi connectivity index (χ1) is 4.75. The summed E-state index contributed by atoms with van der Waals surface area (Å²) in [6.07, 6.45) is 1.48. The van der Waals surface area contributed by atoms with Crippen LogP contribution in [0.2, 0.25) is 0 Å². The van der Waals surface area contributed by atoms with E-state index >= 15 is 0 Å². The van der Waals surface area contributed by atoms with E-state index in [0.29, 0.717) is 11.3 Å². The molecule has 10 heavy (non-hydrogen) atoms. The van der Waals surface area contributed by atoms with Crippen molar-refractivity contribution in [2.24, 2.45) is 0 Å². The van der Waals surface area contributed by atoms with Gasteiger partial charge in [-0.1, -0.05) is 0 Å². The maximum Gasteiger partial charge on any atom is 0.149 e. The lowest BCUT2D eigenvalue weighted by Gasteiger charge is -1.98. The van der Waals surface area contributed by atoms with E-state index in [1.54, 1.807) is 6.92 Å². The highest BCUT2D eigenvalue weighted by Crippen LogP contribution is 2.07. The molecule has 0 aliphatic rings. The molecule has 0 spiro atoms. The topological polar surface area (TPSA) is 33.1 Å². The van der Waals surface area contributed by atoms with Crippen LogP contribution in [0.4, 0.5) is 4.39 Å². The van der Waals surface area contributed by atoms with Crippen LogP contribution in [0.15, 0.2) is 12.3 Å². The van der Waals surface area contributed by atoms with Crippen molar-refractivity contribution < 1.29 is 9.50 Å². The Kier molecular flexibility index (Phi) is 1.97. The van der Waals surface area contributed by atoms with Crippen LogP contribution in [0.3, 0.4) is 0 Å². The number of aliphatic hydroxyl groups is 1. The van der Waals surface area contributed by atoms with Crippen molar-refractivity contribution in [1.29, 1.82) is 0 Å². The van der Waals surface area contributed by atoms with E-state index in [1.165, 1.54) is 12.3 Å². The fourth-order valence-corrected chi connectivity index (χ4v) is 0.723. The summed E-state index contributed by atoms with van der Waals surface area (Å²) >= 11 is 0. The van der Waals surface area contributed by atoms with Crippen molar-refractivity contribution in [2.75, 3.05) is 0 Å². The van der Waals surface area contributed by atoms with Gasteiger partial charge in [-0.05, 0) is 13.0 Å². The van der Waals surface area contributed by atoms with E-state index in [9.17, 15) is 4.39 Å². The molecule has 1 aromatic rings. The molecule has 1 aromatic heterocycles. The Hall–Kier alpha value is -0.960. The zero-order valence-electron chi connectivity index (χ0n) is 5.63. The minimum Gasteiger partial charge on any atom is -0.392 e. The average Bonchev–Trinajstić information content (AvgIpc) is 1.95. The van der Waals surface area contributed by atoms with Crippen molar-refractivity contribution in [3.05, 3.63) is 29.3 Å². The number of hydrogen-bond donors (Lipinski definition) is 1. The molecule has 0 saturated carbocycles. The summed E-state index contributed by atoms with van der Waals surface area (Å²) in [5, 5.41) is 8.58. The molecule has 0 unspecified atom stereocenters. The van der Waals surface area contributed by atoms with Gasteiger partial charge in [-0.15, -0.1) is 0 Å². The highest BCUT2D eigenvalue weighted by atomic mass is 19.1. The van der Waals surface area contributed by atoms with Gasteiger partial charge in [-0.3, -0.25) is 4.98 Å². The zero-order valence-corrected chi connectivity index (χ0v) is 5.63. The van der Waals surface area contributed by atoms with Crippen LogP contribution < -0.4 is 0 Å². The molecule has 1 N–H and O–H groups in total. The standard InChI is InChI=1S/C7H8FNO/c1-5-7(8)6(4-10)2-3-9-5/h2-3,10H,4H2,1H3. The number of rotatable bonds is 1. The van der Waals surface area contributed by atoms with Gasteiger partial charge < -0.3 is 5.11 Å². The van der Waals surface area contributed by atoms with Crippen molar-refractivity contribution >= 4 is 0 Å². The lowest BCUT2D eigenvalue weighted by molar-refractivity contribution is 0.275. The SMILES string of the molecule is Cc1nccc(CO)c1F. The van der Waals surface area contributed by atoms with E-state index in [4.69, 9.17) is 5.11 Å². The molecule has 0 aliphatic heterocycles. The molecule has 0 atom stereocenters. The molecule has 54 valence electrons. The minimum atomic E-state index is -0.412. The largest absolute Gasteiger partial charge is 0.392 e. The van der Waals surface area contributed by atoms with E-state index in [0.717, 1.165) is 0 Å². The van der Waals surface area contributed by atoms with Crippen molar-refractivity contribution in [3.8, 4) is 0 Å². The number of hydrogen-bond acceptors (Lipinski definition) is 2. The Balaban J connectivity index is 3.14. The normalized spacial score (nSPS) is 9.90. The molecule has 3 heteroatoms. The van der Waals surface area contributed by atoms with Crippen molar-refractivity contribution in [1.82, 2.24) is 4.98 Å². The zero-order chi connectivity index (χ0) is 7.56. The molecule has 0 aromatic carbocycles. The third-order valence-corrected chi connectivity index (χ3v) is 1.31. The molecule has 0 fully saturated rings. The monoisotopic (exact) mass is 141 g/mol. The van der Waals surface area contributed by atoms with Crippen molar-refractivity contribution in [3.63, 3.8) is 0 Å². The van der Waals surface area contributed by atoms with Gasteiger partial charge in [0.25, 0.3) is 0 Å². The van der Waals surface area contributed by atoms with Crippen LogP contribution in [0.25, 0.3) is 0 Å². The molecule has 1 rings (SSSR count). The third-order valence-electron chi connectivity index (χ3n) is 1.31. The number of aliphatic hydroxyl groups excluding tert-OH is 1. The van der Waals surface area contributed by atoms with Gasteiger partial charge in [0.2, 0.25) is 0 Å². The van der Waals surface area contributed by atoms with Crippen LogP contribution in [0.5, 0.6) is 0 Å². The van der Waals surface area contributed by atoms with Crippen LogP contribution in [0, 0.1) is 12.7 Å². The lowest BCUT2D eigenvalue weighted by Crippen LogP contribution is -1.94. The third kappa shape index (κ3) is 1.14. The summed E-state index contributed by atoms with van der Waals surface area (Å²) < 4.78 is 12.8. The molecular formula is C7H8FNO. The van der Waals surface area contributed by atoms with E-state index < -0.39 is 5.82 Å². The van der Waals surface area contributed by atoms with Gasteiger partial charge in [-0.2, -0.15) is 0 Å². The summed E-state index contributed by atoms with van der Waals surface area (Å²) in [4.78, 5) is 3.70. The number of aromatic nitrogens is 1. The summed E-state index contributed by atoms with van der Waals surface area (Å²) in [7, 11) is 0. The van der Waals surface area contributed by atoms with Crippen LogP contribution >= 0.6 is 0 Å². The average molecular weight is 141 g/mol. The maximum atomic E-state index is 12.8. The number of nitrogens with zero attached hydrogens (tertiary/aromatic N) is 1. The van der Waals surface area contributed by atoms with Gasteiger partial charge >= 0.3 is 0 Å². The molecule has 0 bridgehead atoms. The van der Waals surface area contributed by atoms with Gasteiger partial charge in [0.15, 0.2) is 0 Å². The van der Waals surface area contributed by atoms with Crippen LogP contribution in [-0.4, -0.2) is 10.1 Å². The van der Waals surface area contributed by atoms with Gasteiger partial charge in [0.1, 0.15) is 5.82 Å². The second-order valence-electron chi connectivity index (χ2n) is 2.03. The van der Waals surface area contributed by atoms with Gasteiger partial charge in [0.05, 0.1) is 12.3 Å². The first kappa shape index (κ1) is 7.15. The Morgan fingerprint density at radius 3 is 2.90 bits per heavy atom. The van der Waals surface area contributed by atoms with Crippen molar-refractivity contribution in [2.45, 2.75) is 13.5 Å². The van der Waals surface area contributed by atoms with Gasteiger partial charge in [0, 0.05) is 11.8 Å². The smallest absolute Gasteiger partial charge is 0.149 e. The quantitative estimate of drug-likeness (QED) is 0.633. The van der Waals surface area contributed by atoms with Gasteiger partial charge in [-0.25, -0.2) is 4.39 Å². The maximum absolute atomic E-state index is 12.8. The Labute approximate surface area is 58.3 Å². The number of aryl methyl sites for hydroxylation is 1. The van der Waals surface area contributed by atoms with E-state index in [2.05, 4.69) is 4.98 Å². The lowest BCUT2D eigenvalue weighted by atomic mass is 10.2. The summed E-state index contributed by atoms with van der Waals surface area (Å²) in [5.41, 5.74) is 0.624. The summed E-state index contributed by atoms with van der Waals surface area (Å²) in [6.45, 7) is 1.30. The Bertz CT molecular complexity index is 237. The molecule has 1 heterocycles. The highest BCUT2D eigenvalue weighted by molar-refractivity contribution is 5.17. The van der Waals surface area contributed by atoms with E-state index in [-0.39, 0.29) is 6.61 Å². The first-order valence-corrected chi connectivity index (χ1v) is 2.96. The highest BCUT2D eigenvalue weighted by Gasteiger charge is 2.02. The van der Waals surface area contributed by atoms with E-state index in [1.807, 2.05) is 0 Å². The second kappa shape index (κ2) is 2.75. The second-order valence-corrected chi connectivity index (χ2v) is 2.03.